The minimum atomic E-state index is -0.706. The molecule has 0 saturated carbocycles. The zero-order valence-electron chi connectivity index (χ0n) is 18.0. The van der Waals surface area contributed by atoms with Gasteiger partial charge in [0.15, 0.2) is 5.17 Å². The summed E-state index contributed by atoms with van der Waals surface area (Å²) in [6.07, 6.45) is 0.394. The number of carbonyl (C=O) groups is 3. The highest BCUT2D eigenvalue weighted by Gasteiger charge is 2.41. The second kappa shape index (κ2) is 9.86. The van der Waals surface area contributed by atoms with Gasteiger partial charge in [0, 0.05) is 24.1 Å². The van der Waals surface area contributed by atoms with Crippen molar-refractivity contribution in [2.75, 3.05) is 12.9 Å². The predicted molar refractivity (Wildman–Crippen MR) is 126 cm³/mol. The lowest BCUT2D eigenvalue weighted by Gasteiger charge is -2.25. The Morgan fingerprint density at radius 1 is 1.18 bits per heavy atom. The van der Waals surface area contributed by atoms with Crippen LogP contribution in [-0.2, 0) is 20.9 Å². The Bertz CT molecular complexity index is 1160. The summed E-state index contributed by atoms with van der Waals surface area (Å²) >= 11 is 1.09. The van der Waals surface area contributed by atoms with Gasteiger partial charge in [0.2, 0.25) is 11.8 Å². The number of para-hydroxylation sites is 2. The van der Waals surface area contributed by atoms with Crippen LogP contribution in [0.4, 0.5) is 5.69 Å². The summed E-state index contributed by atoms with van der Waals surface area (Å²) in [5.41, 5.74) is 7.54. The lowest BCUT2D eigenvalue weighted by molar-refractivity contribution is -0.125. The van der Waals surface area contributed by atoms with Gasteiger partial charge >= 0.3 is 0 Å². The molecule has 2 aromatic carbocycles. The number of hydrogen-bond acceptors (Lipinski definition) is 7. The van der Waals surface area contributed by atoms with E-state index in [4.69, 9.17) is 10.5 Å². The van der Waals surface area contributed by atoms with Gasteiger partial charge in [-0.1, -0.05) is 42.1 Å². The summed E-state index contributed by atoms with van der Waals surface area (Å²) in [6, 6.07) is 14.1. The summed E-state index contributed by atoms with van der Waals surface area (Å²) in [5, 5.41) is 3.22. The minimum absolute atomic E-state index is 0.00587. The highest BCUT2D eigenvalue weighted by atomic mass is 32.2. The van der Waals surface area contributed by atoms with E-state index < -0.39 is 11.9 Å². The minimum Gasteiger partial charge on any atom is -0.496 e. The Labute approximate surface area is 195 Å². The lowest BCUT2D eigenvalue weighted by atomic mass is 10.1. The molecule has 2 heterocycles. The van der Waals surface area contributed by atoms with Crippen LogP contribution in [0.2, 0.25) is 0 Å². The van der Waals surface area contributed by atoms with Crippen molar-refractivity contribution in [1.29, 1.82) is 0 Å². The summed E-state index contributed by atoms with van der Waals surface area (Å²) in [5.74, 6) is 0.218. The molecule has 2 aliphatic heterocycles. The van der Waals surface area contributed by atoms with Gasteiger partial charge in [-0.15, -0.1) is 0 Å². The number of methoxy groups -OCH3 is 1. The quantitative estimate of drug-likeness (QED) is 0.616. The molecule has 170 valence electrons. The number of fused-ring (bicyclic) bond motifs is 3. The molecule has 2 aromatic rings. The van der Waals surface area contributed by atoms with E-state index in [1.165, 1.54) is 4.90 Å². The van der Waals surface area contributed by atoms with E-state index in [1.54, 1.807) is 7.11 Å². The second-order valence-corrected chi connectivity index (χ2v) is 8.38. The summed E-state index contributed by atoms with van der Waals surface area (Å²) in [4.78, 5) is 47.4. The SMILES string of the molecule is COc1ccccc1CNC(=O)CC[C@H]1N=C2c3ccccc3N=C(SCC(N)=O)N2C1=O. The van der Waals surface area contributed by atoms with Gasteiger partial charge in [0.1, 0.15) is 17.6 Å². The van der Waals surface area contributed by atoms with Crippen LogP contribution in [0.3, 0.4) is 0 Å². The standard InChI is InChI=1S/C23H23N5O4S/c1-32-18-9-5-2-6-14(18)12-25-20(30)11-10-17-22(31)28-21(26-17)15-7-3-4-8-16(15)27-23(28)33-13-19(24)29/h2-9,17H,10-13H2,1H3,(H2,24,29)(H,25,30)/t17-/m1/s1. The number of amidine groups is 2. The molecule has 10 heteroatoms. The van der Waals surface area contributed by atoms with Crippen LogP contribution in [0.1, 0.15) is 24.0 Å². The number of ether oxygens (including phenoxy) is 1. The third-order valence-electron chi connectivity index (χ3n) is 5.20. The van der Waals surface area contributed by atoms with E-state index in [1.807, 2.05) is 48.5 Å². The van der Waals surface area contributed by atoms with E-state index >= 15 is 0 Å². The van der Waals surface area contributed by atoms with Crippen molar-refractivity contribution >= 4 is 46.2 Å². The van der Waals surface area contributed by atoms with Crippen LogP contribution in [0, 0.1) is 0 Å². The summed E-state index contributed by atoms with van der Waals surface area (Å²) < 4.78 is 5.30. The maximum Gasteiger partial charge on any atom is 0.259 e. The van der Waals surface area contributed by atoms with Gasteiger partial charge in [-0.05, 0) is 24.6 Å². The largest absolute Gasteiger partial charge is 0.496 e. The highest BCUT2D eigenvalue weighted by Crippen LogP contribution is 2.34. The van der Waals surface area contributed by atoms with Crippen LogP contribution in [0.5, 0.6) is 5.75 Å². The van der Waals surface area contributed by atoms with Gasteiger partial charge < -0.3 is 15.8 Å². The van der Waals surface area contributed by atoms with Gasteiger partial charge in [0.05, 0.1) is 18.6 Å². The van der Waals surface area contributed by atoms with Crippen molar-refractivity contribution in [3.05, 3.63) is 59.7 Å². The van der Waals surface area contributed by atoms with Gasteiger partial charge in [0.25, 0.3) is 5.91 Å². The van der Waals surface area contributed by atoms with Crippen LogP contribution < -0.4 is 15.8 Å². The molecule has 0 spiro atoms. The smallest absolute Gasteiger partial charge is 0.259 e. The average molecular weight is 466 g/mol. The summed E-state index contributed by atoms with van der Waals surface area (Å²) in [6.45, 7) is 0.329. The van der Waals surface area contributed by atoms with E-state index in [2.05, 4.69) is 15.3 Å². The number of nitrogens with one attached hydrogen (secondary N) is 1. The van der Waals surface area contributed by atoms with Crippen LogP contribution in [0.25, 0.3) is 0 Å². The number of hydrogen-bond donors (Lipinski definition) is 2. The second-order valence-electron chi connectivity index (χ2n) is 7.44. The number of aliphatic imine (C=N–C) groups is 2. The molecule has 0 aliphatic carbocycles. The van der Waals surface area contributed by atoms with Gasteiger partial charge in [-0.2, -0.15) is 0 Å². The first-order valence-electron chi connectivity index (χ1n) is 10.4. The molecule has 0 saturated heterocycles. The fourth-order valence-corrected chi connectivity index (χ4v) is 4.36. The number of carbonyl (C=O) groups excluding carboxylic acids is 3. The molecule has 2 aliphatic rings. The molecule has 3 N–H and O–H groups in total. The molecular weight excluding hydrogens is 442 g/mol. The van der Waals surface area contributed by atoms with Crippen molar-refractivity contribution in [2.24, 2.45) is 15.7 Å². The normalized spacial score (nSPS) is 16.5. The first kappa shape index (κ1) is 22.5. The number of rotatable bonds is 8. The van der Waals surface area contributed by atoms with Crippen LogP contribution in [0.15, 0.2) is 58.5 Å². The monoisotopic (exact) mass is 465 g/mol. The summed E-state index contributed by atoms with van der Waals surface area (Å²) in [7, 11) is 1.58. The third kappa shape index (κ3) is 4.90. The Kier molecular flexibility index (Phi) is 6.74. The number of amides is 3. The number of benzene rings is 2. The Hall–Kier alpha value is -3.66. The van der Waals surface area contributed by atoms with Crippen molar-refractivity contribution in [3.8, 4) is 5.75 Å². The Balaban J connectivity index is 1.43. The molecule has 4 rings (SSSR count). The lowest BCUT2D eigenvalue weighted by Crippen LogP contribution is -2.41. The molecule has 0 radical (unpaired) electrons. The molecule has 0 bridgehead atoms. The molecule has 3 amide bonds. The maximum atomic E-state index is 13.1. The number of nitrogens with zero attached hydrogens (tertiary/aromatic N) is 3. The van der Waals surface area contributed by atoms with E-state index in [0.29, 0.717) is 29.0 Å². The zero-order chi connectivity index (χ0) is 23.4. The average Bonchev–Trinajstić information content (AvgIpc) is 3.16. The van der Waals surface area contributed by atoms with E-state index in [0.717, 1.165) is 22.9 Å². The maximum absolute atomic E-state index is 13.1. The fraction of sp³-hybridized carbons (Fsp3) is 0.261. The molecular formula is C23H23N5O4S. The molecule has 0 unspecified atom stereocenters. The van der Waals surface area contributed by atoms with Crippen molar-refractivity contribution in [1.82, 2.24) is 10.2 Å². The van der Waals surface area contributed by atoms with Crippen LogP contribution in [-0.4, -0.2) is 52.5 Å². The fourth-order valence-electron chi connectivity index (χ4n) is 3.62. The Morgan fingerprint density at radius 3 is 2.73 bits per heavy atom. The Morgan fingerprint density at radius 2 is 1.94 bits per heavy atom. The molecule has 33 heavy (non-hydrogen) atoms. The van der Waals surface area contributed by atoms with E-state index in [-0.39, 0.29) is 30.4 Å². The number of nitrogens with two attached hydrogens (primary N) is 1. The van der Waals surface area contributed by atoms with Crippen LogP contribution >= 0.6 is 11.8 Å². The molecule has 1 atom stereocenters. The van der Waals surface area contributed by atoms with Gasteiger partial charge in [-0.3, -0.25) is 19.4 Å². The van der Waals surface area contributed by atoms with Crippen molar-refractivity contribution in [2.45, 2.75) is 25.4 Å². The van der Waals surface area contributed by atoms with Gasteiger partial charge in [-0.25, -0.2) is 9.89 Å². The zero-order valence-corrected chi connectivity index (χ0v) is 18.8. The van der Waals surface area contributed by atoms with Crippen molar-refractivity contribution < 1.29 is 19.1 Å². The highest BCUT2D eigenvalue weighted by molar-refractivity contribution is 8.14. The first-order valence-corrected chi connectivity index (χ1v) is 11.4. The first-order chi connectivity index (χ1) is 16.0. The number of thioether (sulfide) groups is 1. The molecule has 0 fully saturated rings. The van der Waals surface area contributed by atoms with Crippen molar-refractivity contribution in [3.63, 3.8) is 0 Å². The third-order valence-corrected chi connectivity index (χ3v) is 6.17. The number of primary amides is 1. The topological polar surface area (TPSA) is 126 Å². The predicted octanol–water partition coefficient (Wildman–Crippen LogP) is 1.97. The molecule has 0 aromatic heterocycles. The van der Waals surface area contributed by atoms with E-state index in [9.17, 15) is 14.4 Å². The molecule has 9 nitrogen and oxygen atoms in total.